The van der Waals surface area contributed by atoms with Crippen LogP contribution in [0.1, 0.15) is 20.3 Å². The maximum Gasteiger partial charge on any atom is -0.000816 e. The fraction of sp³-hybridized carbons (Fsp3) is 1.00. The van der Waals surface area contributed by atoms with Crippen molar-refractivity contribution < 1.29 is 0 Å². The molecule has 1 rings (SSSR count). The van der Waals surface area contributed by atoms with Gasteiger partial charge in [-0.1, -0.05) is 13.8 Å². The van der Waals surface area contributed by atoms with E-state index in [2.05, 4.69) is 19.2 Å². The molecule has 0 atom stereocenters. The largest absolute Gasteiger partial charge is 0.316 e. The van der Waals surface area contributed by atoms with E-state index in [9.17, 15) is 0 Å². The number of hydrogen-bond donors (Lipinski definition) is 1. The van der Waals surface area contributed by atoms with Crippen molar-refractivity contribution in [2.75, 3.05) is 13.1 Å². The molecule has 0 saturated carbocycles. The lowest BCUT2D eigenvalue weighted by atomic mass is 9.93. The number of nitrogens with one attached hydrogen (secondary N) is 1. The summed E-state index contributed by atoms with van der Waals surface area (Å²) in [5.41, 5.74) is 0. The minimum absolute atomic E-state index is 0.891. The van der Waals surface area contributed by atoms with Crippen LogP contribution in [0.2, 0.25) is 0 Å². The summed E-state index contributed by atoms with van der Waals surface area (Å²) >= 11 is 0. The molecule has 1 aliphatic heterocycles. The number of rotatable bonds is 2. The van der Waals surface area contributed by atoms with Gasteiger partial charge in [-0.25, -0.2) is 0 Å². The molecule has 0 aromatic heterocycles. The second-order valence-electron chi connectivity index (χ2n) is 3.15. The molecule has 1 N–H and O–H groups in total. The summed E-state index contributed by atoms with van der Waals surface area (Å²) in [6.07, 6.45) is 1.41. The lowest BCUT2D eigenvalue weighted by Gasteiger charge is -2.28. The Morgan fingerprint density at radius 2 is 2.12 bits per heavy atom. The Morgan fingerprint density at radius 1 is 1.50 bits per heavy atom. The Labute approximate surface area is 51.5 Å². The van der Waals surface area contributed by atoms with Gasteiger partial charge >= 0.3 is 0 Å². The molecule has 0 bridgehead atoms. The molecular formula is C7H15N. The normalized spacial score (nSPS) is 21.4. The zero-order valence-electron chi connectivity index (χ0n) is 5.78. The van der Waals surface area contributed by atoms with Crippen LogP contribution in [0.3, 0.4) is 0 Å². The van der Waals surface area contributed by atoms with Gasteiger partial charge in [-0.05, 0) is 31.3 Å². The third-order valence-electron chi connectivity index (χ3n) is 1.67. The summed E-state index contributed by atoms with van der Waals surface area (Å²) < 4.78 is 0. The first-order valence-corrected chi connectivity index (χ1v) is 3.49. The van der Waals surface area contributed by atoms with Gasteiger partial charge in [0.15, 0.2) is 0 Å². The zero-order valence-corrected chi connectivity index (χ0v) is 5.78. The molecule has 0 aliphatic carbocycles. The summed E-state index contributed by atoms with van der Waals surface area (Å²) in [6, 6.07) is 0. The zero-order chi connectivity index (χ0) is 5.98. The minimum Gasteiger partial charge on any atom is -0.316 e. The maximum absolute atomic E-state index is 3.27. The predicted molar refractivity (Wildman–Crippen MR) is 35.8 cm³/mol. The van der Waals surface area contributed by atoms with Crippen LogP contribution >= 0.6 is 0 Å². The average molecular weight is 113 g/mol. The summed E-state index contributed by atoms with van der Waals surface area (Å²) in [7, 11) is 0. The van der Waals surface area contributed by atoms with E-state index in [0.717, 1.165) is 11.8 Å². The van der Waals surface area contributed by atoms with E-state index in [1.807, 2.05) is 0 Å². The molecule has 0 amide bonds. The highest BCUT2D eigenvalue weighted by atomic mass is 14.9. The Balaban J connectivity index is 2.01. The van der Waals surface area contributed by atoms with Gasteiger partial charge in [0.25, 0.3) is 0 Å². The van der Waals surface area contributed by atoms with Crippen molar-refractivity contribution in [1.29, 1.82) is 0 Å². The highest BCUT2D eigenvalue weighted by Gasteiger charge is 2.16. The van der Waals surface area contributed by atoms with Gasteiger partial charge in [-0.15, -0.1) is 0 Å². The first kappa shape index (κ1) is 6.09. The Kier molecular flexibility index (Phi) is 1.90. The fourth-order valence-corrected chi connectivity index (χ4v) is 1.18. The topological polar surface area (TPSA) is 12.0 Å². The molecule has 0 spiro atoms. The van der Waals surface area contributed by atoms with Crippen molar-refractivity contribution in [1.82, 2.24) is 5.32 Å². The highest BCUT2D eigenvalue weighted by Crippen LogP contribution is 2.14. The van der Waals surface area contributed by atoms with Crippen molar-refractivity contribution in [2.24, 2.45) is 11.8 Å². The van der Waals surface area contributed by atoms with E-state index in [1.165, 1.54) is 19.5 Å². The van der Waals surface area contributed by atoms with E-state index >= 15 is 0 Å². The molecule has 0 unspecified atom stereocenters. The van der Waals surface area contributed by atoms with Gasteiger partial charge in [0.2, 0.25) is 0 Å². The lowest BCUT2D eigenvalue weighted by Crippen LogP contribution is -2.42. The molecule has 8 heavy (non-hydrogen) atoms. The molecule has 1 heteroatoms. The second-order valence-corrected chi connectivity index (χ2v) is 3.15. The van der Waals surface area contributed by atoms with E-state index in [0.29, 0.717) is 0 Å². The standard InChI is InChI=1S/C7H15N/c1-6(2)3-7-4-8-5-7/h6-8H,3-5H2,1-2H3. The molecular weight excluding hydrogens is 98.1 g/mol. The molecule has 0 aromatic rings. The van der Waals surface area contributed by atoms with Crippen molar-refractivity contribution in [3.63, 3.8) is 0 Å². The summed E-state index contributed by atoms with van der Waals surface area (Å²) in [5.74, 6) is 1.89. The molecule has 0 radical (unpaired) electrons. The first-order chi connectivity index (χ1) is 3.79. The predicted octanol–water partition coefficient (Wildman–Crippen LogP) is 1.25. The molecule has 1 nitrogen and oxygen atoms in total. The van der Waals surface area contributed by atoms with Gasteiger partial charge in [0.1, 0.15) is 0 Å². The van der Waals surface area contributed by atoms with E-state index < -0.39 is 0 Å². The van der Waals surface area contributed by atoms with Crippen LogP contribution in [-0.4, -0.2) is 13.1 Å². The van der Waals surface area contributed by atoms with Crippen LogP contribution in [-0.2, 0) is 0 Å². The van der Waals surface area contributed by atoms with Crippen molar-refractivity contribution in [3.8, 4) is 0 Å². The van der Waals surface area contributed by atoms with Gasteiger partial charge < -0.3 is 5.32 Å². The SMILES string of the molecule is CC(C)CC1CNC1. The van der Waals surface area contributed by atoms with Crippen LogP contribution in [0, 0.1) is 11.8 Å². The molecule has 48 valence electrons. The van der Waals surface area contributed by atoms with Gasteiger partial charge in [-0.2, -0.15) is 0 Å². The Morgan fingerprint density at radius 3 is 2.25 bits per heavy atom. The van der Waals surface area contributed by atoms with E-state index in [-0.39, 0.29) is 0 Å². The average Bonchev–Trinajstić information content (AvgIpc) is 1.55. The van der Waals surface area contributed by atoms with Crippen LogP contribution in [0.25, 0.3) is 0 Å². The lowest BCUT2D eigenvalue weighted by molar-refractivity contribution is 0.292. The highest BCUT2D eigenvalue weighted by molar-refractivity contribution is 4.74. The van der Waals surface area contributed by atoms with Crippen molar-refractivity contribution >= 4 is 0 Å². The van der Waals surface area contributed by atoms with Crippen molar-refractivity contribution in [2.45, 2.75) is 20.3 Å². The van der Waals surface area contributed by atoms with Crippen LogP contribution < -0.4 is 5.32 Å². The molecule has 0 aromatic carbocycles. The second kappa shape index (κ2) is 2.49. The Bertz CT molecular complexity index is 64.8. The third kappa shape index (κ3) is 1.48. The monoisotopic (exact) mass is 113 g/mol. The molecule has 1 fully saturated rings. The van der Waals surface area contributed by atoms with Crippen LogP contribution in [0.5, 0.6) is 0 Å². The van der Waals surface area contributed by atoms with E-state index in [4.69, 9.17) is 0 Å². The van der Waals surface area contributed by atoms with Gasteiger partial charge in [-0.3, -0.25) is 0 Å². The third-order valence-corrected chi connectivity index (χ3v) is 1.67. The first-order valence-electron chi connectivity index (χ1n) is 3.49. The van der Waals surface area contributed by atoms with Crippen LogP contribution in [0.4, 0.5) is 0 Å². The smallest absolute Gasteiger partial charge is 0.000816 e. The summed E-state index contributed by atoms with van der Waals surface area (Å²) in [6.45, 7) is 7.10. The van der Waals surface area contributed by atoms with E-state index in [1.54, 1.807) is 0 Å². The summed E-state index contributed by atoms with van der Waals surface area (Å²) in [4.78, 5) is 0. The molecule has 1 saturated heterocycles. The minimum atomic E-state index is 0.891. The molecule has 1 heterocycles. The quantitative estimate of drug-likeness (QED) is 0.568. The van der Waals surface area contributed by atoms with Crippen molar-refractivity contribution in [3.05, 3.63) is 0 Å². The molecule has 1 aliphatic rings. The Hall–Kier alpha value is -0.0400. The maximum atomic E-state index is 3.27. The van der Waals surface area contributed by atoms with Gasteiger partial charge in [0.05, 0.1) is 0 Å². The van der Waals surface area contributed by atoms with Gasteiger partial charge in [0, 0.05) is 0 Å². The summed E-state index contributed by atoms with van der Waals surface area (Å²) in [5, 5.41) is 3.27. The number of hydrogen-bond acceptors (Lipinski definition) is 1. The van der Waals surface area contributed by atoms with Crippen LogP contribution in [0.15, 0.2) is 0 Å². The fourth-order valence-electron chi connectivity index (χ4n) is 1.18.